The van der Waals surface area contributed by atoms with Crippen molar-refractivity contribution in [1.29, 1.82) is 0 Å². The summed E-state index contributed by atoms with van der Waals surface area (Å²) >= 11 is 11.9. The van der Waals surface area contributed by atoms with Crippen molar-refractivity contribution in [2.75, 3.05) is 16.4 Å². The molecule has 1 aromatic carbocycles. The maximum atomic E-state index is 6.09. The molecule has 0 aliphatic heterocycles. The molecule has 0 radical (unpaired) electrons. The number of hydrogen-bond donors (Lipinski definition) is 3. The van der Waals surface area contributed by atoms with Gasteiger partial charge in [0, 0.05) is 11.8 Å². The van der Waals surface area contributed by atoms with Crippen molar-refractivity contribution < 1.29 is 4.52 Å². The smallest absolute Gasteiger partial charge is 0.175 e. The second-order valence-electron chi connectivity index (χ2n) is 4.69. The molecule has 0 aliphatic carbocycles. The van der Waals surface area contributed by atoms with Crippen LogP contribution in [0, 0.1) is 6.92 Å². The van der Waals surface area contributed by atoms with E-state index in [9.17, 15) is 0 Å². The van der Waals surface area contributed by atoms with E-state index in [0.29, 0.717) is 44.6 Å². The molecule has 3 aromatic rings. The predicted octanol–water partition coefficient (Wildman–Crippen LogP) is 4.15. The Hall–Kier alpha value is -2.51. The van der Waals surface area contributed by atoms with Crippen molar-refractivity contribution in [3.8, 4) is 0 Å². The highest BCUT2D eigenvalue weighted by atomic mass is 35.5. The van der Waals surface area contributed by atoms with Gasteiger partial charge in [-0.25, -0.2) is 9.97 Å². The molecule has 4 N–H and O–H groups in total. The van der Waals surface area contributed by atoms with Crippen molar-refractivity contribution in [3.05, 3.63) is 46.4 Å². The molecular formula is C14H12Cl2N6O. The van der Waals surface area contributed by atoms with Crippen LogP contribution in [0.4, 0.5) is 28.8 Å². The first-order chi connectivity index (χ1) is 11.0. The molecule has 118 valence electrons. The van der Waals surface area contributed by atoms with Crippen molar-refractivity contribution in [3.63, 3.8) is 0 Å². The summed E-state index contributed by atoms with van der Waals surface area (Å²) in [4.78, 5) is 8.23. The van der Waals surface area contributed by atoms with E-state index >= 15 is 0 Å². The van der Waals surface area contributed by atoms with E-state index in [1.165, 1.54) is 6.33 Å². The van der Waals surface area contributed by atoms with Gasteiger partial charge in [-0.05, 0) is 25.1 Å². The fourth-order valence-electron chi connectivity index (χ4n) is 1.85. The molecule has 23 heavy (non-hydrogen) atoms. The number of nitrogens with two attached hydrogens (primary N) is 1. The lowest BCUT2D eigenvalue weighted by Gasteiger charge is -2.11. The first kappa shape index (κ1) is 15.4. The highest BCUT2D eigenvalue weighted by Crippen LogP contribution is 2.30. The number of rotatable bonds is 4. The molecular weight excluding hydrogens is 339 g/mol. The molecule has 0 bridgehead atoms. The van der Waals surface area contributed by atoms with Gasteiger partial charge in [0.1, 0.15) is 17.8 Å². The van der Waals surface area contributed by atoms with Gasteiger partial charge in [-0.15, -0.1) is 0 Å². The highest BCUT2D eigenvalue weighted by Gasteiger charge is 2.11. The summed E-state index contributed by atoms with van der Waals surface area (Å²) in [7, 11) is 0. The monoisotopic (exact) mass is 350 g/mol. The normalized spacial score (nSPS) is 10.6. The molecule has 7 nitrogen and oxygen atoms in total. The SMILES string of the molecule is Cc1cc(Nc2ncnc(Nc3ccc(Cl)c(Cl)c3)c2N)no1. The van der Waals surface area contributed by atoms with Crippen LogP contribution in [-0.4, -0.2) is 15.1 Å². The average Bonchev–Trinajstić information content (AvgIpc) is 2.92. The maximum Gasteiger partial charge on any atom is 0.175 e. The minimum Gasteiger partial charge on any atom is -0.393 e. The van der Waals surface area contributed by atoms with Crippen LogP contribution in [0.25, 0.3) is 0 Å². The Labute approximate surface area is 141 Å². The third-order valence-corrected chi connectivity index (χ3v) is 3.68. The molecule has 0 saturated heterocycles. The third kappa shape index (κ3) is 3.46. The summed E-state index contributed by atoms with van der Waals surface area (Å²) in [6.07, 6.45) is 1.38. The summed E-state index contributed by atoms with van der Waals surface area (Å²) in [5.41, 5.74) is 7.12. The van der Waals surface area contributed by atoms with E-state index < -0.39 is 0 Å². The molecule has 3 rings (SSSR count). The van der Waals surface area contributed by atoms with Crippen LogP contribution < -0.4 is 16.4 Å². The molecule has 0 saturated carbocycles. The van der Waals surface area contributed by atoms with Crippen molar-refractivity contribution in [2.24, 2.45) is 0 Å². The minimum absolute atomic E-state index is 0.333. The molecule has 9 heteroatoms. The van der Waals surface area contributed by atoms with Gasteiger partial charge in [-0.3, -0.25) is 0 Å². The van der Waals surface area contributed by atoms with Crippen LogP contribution in [0.3, 0.4) is 0 Å². The Kier molecular flexibility index (Phi) is 4.22. The second kappa shape index (κ2) is 6.31. The summed E-state index contributed by atoms with van der Waals surface area (Å²) in [5, 5.41) is 10.8. The highest BCUT2D eigenvalue weighted by molar-refractivity contribution is 6.42. The number of aryl methyl sites for hydroxylation is 1. The van der Waals surface area contributed by atoms with Gasteiger partial charge in [0.05, 0.1) is 10.0 Å². The first-order valence-corrected chi connectivity index (χ1v) is 7.31. The van der Waals surface area contributed by atoms with Crippen LogP contribution in [0.1, 0.15) is 5.76 Å². The lowest BCUT2D eigenvalue weighted by Crippen LogP contribution is -2.05. The molecule has 2 aromatic heterocycles. The standard InChI is InChI=1S/C14H12Cl2N6O/c1-7-4-11(22-23-7)21-14-12(17)13(18-6-19-14)20-8-2-3-9(15)10(16)5-8/h2-6H,17H2,1H3,(H2,18,19,20,21,22). The van der Waals surface area contributed by atoms with Crippen molar-refractivity contribution in [2.45, 2.75) is 6.92 Å². The van der Waals surface area contributed by atoms with Gasteiger partial charge >= 0.3 is 0 Å². The number of hydrogen-bond acceptors (Lipinski definition) is 7. The first-order valence-electron chi connectivity index (χ1n) is 6.56. The number of nitrogens with one attached hydrogen (secondary N) is 2. The Bertz CT molecular complexity index is 851. The topological polar surface area (TPSA) is 102 Å². The van der Waals surface area contributed by atoms with Gasteiger partial charge in [0.15, 0.2) is 17.5 Å². The minimum atomic E-state index is 0.333. The number of nitrogen functional groups attached to an aromatic ring is 1. The summed E-state index contributed by atoms with van der Waals surface area (Å²) < 4.78 is 4.99. The zero-order valence-electron chi connectivity index (χ0n) is 12.0. The summed E-state index contributed by atoms with van der Waals surface area (Å²) in [6, 6.07) is 6.86. The Balaban J connectivity index is 1.85. The number of halogens is 2. The Morgan fingerprint density at radius 3 is 2.43 bits per heavy atom. The molecule has 2 heterocycles. The predicted molar refractivity (Wildman–Crippen MR) is 90.7 cm³/mol. The number of benzene rings is 1. The lowest BCUT2D eigenvalue weighted by atomic mass is 10.3. The van der Waals surface area contributed by atoms with Gasteiger partial charge < -0.3 is 20.9 Å². The fraction of sp³-hybridized carbons (Fsp3) is 0.0714. The van der Waals surface area contributed by atoms with Gasteiger partial charge in [0.2, 0.25) is 0 Å². The molecule has 0 spiro atoms. The van der Waals surface area contributed by atoms with E-state index in [1.807, 2.05) is 0 Å². The van der Waals surface area contributed by atoms with Crippen LogP contribution in [-0.2, 0) is 0 Å². The summed E-state index contributed by atoms with van der Waals surface area (Å²) in [5.74, 6) is 2.03. The van der Waals surface area contributed by atoms with Crippen LogP contribution >= 0.6 is 23.2 Å². The lowest BCUT2D eigenvalue weighted by molar-refractivity contribution is 0.400. The van der Waals surface area contributed by atoms with Crippen molar-refractivity contribution in [1.82, 2.24) is 15.1 Å². The zero-order chi connectivity index (χ0) is 16.4. The fourth-order valence-corrected chi connectivity index (χ4v) is 2.15. The van der Waals surface area contributed by atoms with E-state index in [-0.39, 0.29) is 0 Å². The quantitative estimate of drug-likeness (QED) is 0.649. The van der Waals surface area contributed by atoms with E-state index in [1.54, 1.807) is 31.2 Å². The Morgan fingerprint density at radius 2 is 1.78 bits per heavy atom. The summed E-state index contributed by atoms with van der Waals surface area (Å²) in [6.45, 7) is 1.79. The molecule has 0 amide bonds. The van der Waals surface area contributed by atoms with Crippen LogP contribution in [0.15, 0.2) is 35.1 Å². The maximum absolute atomic E-state index is 6.09. The third-order valence-electron chi connectivity index (χ3n) is 2.94. The second-order valence-corrected chi connectivity index (χ2v) is 5.50. The van der Waals surface area contributed by atoms with Crippen molar-refractivity contribution >= 4 is 52.0 Å². The molecule has 0 aliphatic rings. The van der Waals surface area contributed by atoms with E-state index in [2.05, 4.69) is 25.8 Å². The Morgan fingerprint density at radius 1 is 1.04 bits per heavy atom. The molecule has 0 unspecified atom stereocenters. The number of aromatic nitrogens is 3. The van der Waals surface area contributed by atoms with Crippen LogP contribution in [0.5, 0.6) is 0 Å². The largest absolute Gasteiger partial charge is 0.393 e. The molecule has 0 atom stereocenters. The number of nitrogens with zero attached hydrogens (tertiary/aromatic N) is 3. The number of anilines is 5. The zero-order valence-corrected chi connectivity index (χ0v) is 13.5. The van der Waals surface area contributed by atoms with Gasteiger partial charge in [-0.2, -0.15) is 0 Å². The van der Waals surface area contributed by atoms with Gasteiger partial charge in [-0.1, -0.05) is 28.4 Å². The van der Waals surface area contributed by atoms with E-state index in [0.717, 1.165) is 0 Å². The van der Waals surface area contributed by atoms with Crippen LogP contribution in [0.2, 0.25) is 10.0 Å². The van der Waals surface area contributed by atoms with E-state index in [4.69, 9.17) is 33.5 Å². The molecule has 0 fully saturated rings. The van der Waals surface area contributed by atoms with Gasteiger partial charge in [0.25, 0.3) is 0 Å². The average molecular weight is 351 g/mol.